The van der Waals surface area contributed by atoms with E-state index in [2.05, 4.69) is 15.9 Å². The first kappa shape index (κ1) is 24.3. The molecule has 0 radical (unpaired) electrons. The number of hydrogen-bond acceptors (Lipinski definition) is 3. The predicted octanol–water partition coefficient (Wildman–Crippen LogP) is 9.21. The Kier molecular flexibility index (Phi) is 7.82. The summed E-state index contributed by atoms with van der Waals surface area (Å²) in [5.74, 6) is 1.39. The van der Waals surface area contributed by atoms with Crippen LogP contribution in [0, 0.1) is 0 Å². The number of ketones is 1. The summed E-state index contributed by atoms with van der Waals surface area (Å²) in [6, 6.07) is 29.5. The van der Waals surface area contributed by atoms with Gasteiger partial charge in [0.1, 0.15) is 17.1 Å². The van der Waals surface area contributed by atoms with Crippen LogP contribution in [0.3, 0.4) is 0 Å². The van der Waals surface area contributed by atoms with Gasteiger partial charge in [0, 0.05) is 21.8 Å². The van der Waals surface area contributed by atoms with Gasteiger partial charge in [0.05, 0.1) is 12.2 Å². The molecule has 0 spiro atoms. The van der Waals surface area contributed by atoms with Crippen LogP contribution in [-0.4, -0.2) is 17.7 Å². The molecule has 0 atom stereocenters. The van der Waals surface area contributed by atoms with Gasteiger partial charge >= 0.3 is 0 Å². The summed E-state index contributed by atoms with van der Waals surface area (Å²) in [5.41, 5.74) is 2.84. The van der Waals surface area contributed by atoms with Gasteiger partial charge in [-0.2, -0.15) is 0 Å². The second-order valence-electron chi connectivity index (χ2n) is 8.99. The zero-order valence-corrected chi connectivity index (χ0v) is 21.8. The lowest BCUT2D eigenvalue weighted by atomic mass is 9.94. The van der Waals surface area contributed by atoms with Crippen LogP contribution in [0.1, 0.15) is 48.0 Å². The lowest BCUT2D eigenvalue weighted by molar-refractivity contribution is 0.104. The van der Waals surface area contributed by atoms with Crippen molar-refractivity contribution in [1.29, 1.82) is 0 Å². The van der Waals surface area contributed by atoms with E-state index in [0.717, 1.165) is 39.2 Å². The minimum atomic E-state index is -0.0352. The number of ether oxygens (including phenoxy) is 1. The SMILES string of the molecule is O=C(c1cccc2ccccc12)c1c(-c2ccc(OCCCCCCCBr)cc2)oc2ccccc12. The third kappa shape index (κ3) is 5.24. The third-order valence-electron chi connectivity index (χ3n) is 6.52. The first-order valence-electron chi connectivity index (χ1n) is 12.6. The van der Waals surface area contributed by atoms with Gasteiger partial charge in [0.25, 0.3) is 0 Å². The number of hydrogen-bond donors (Lipinski definition) is 0. The van der Waals surface area contributed by atoms with Crippen molar-refractivity contribution in [3.63, 3.8) is 0 Å². The summed E-state index contributed by atoms with van der Waals surface area (Å²) < 4.78 is 12.2. The van der Waals surface area contributed by atoms with Gasteiger partial charge in [-0.3, -0.25) is 4.79 Å². The average molecular weight is 541 g/mol. The normalized spacial score (nSPS) is 11.2. The highest BCUT2D eigenvalue weighted by atomic mass is 79.9. The van der Waals surface area contributed by atoms with Crippen LogP contribution >= 0.6 is 15.9 Å². The number of fused-ring (bicyclic) bond motifs is 2. The molecule has 0 N–H and O–H groups in total. The van der Waals surface area contributed by atoms with Gasteiger partial charge in [-0.15, -0.1) is 0 Å². The van der Waals surface area contributed by atoms with Crippen molar-refractivity contribution >= 4 is 43.5 Å². The summed E-state index contributed by atoms with van der Waals surface area (Å²) in [4.78, 5) is 14.0. The fourth-order valence-corrected chi connectivity index (χ4v) is 5.05. The van der Waals surface area contributed by atoms with Gasteiger partial charge in [0.2, 0.25) is 0 Å². The van der Waals surface area contributed by atoms with Gasteiger partial charge in [-0.1, -0.05) is 95.9 Å². The number of para-hydroxylation sites is 1. The molecule has 0 aliphatic heterocycles. The Morgan fingerprint density at radius 1 is 0.722 bits per heavy atom. The molecule has 0 amide bonds. The lowest BCUT2D eigenvalue weighted by Gasteiger charge is -2.09. The van der Waals surface area contributed by atoms with Crippen LogP contribution in [0.2, 0.25) is 0 Å². The van der Waals surface area contributed by atoms with Gasteiger partial charge in [-0.05, 0) is 53.9 Å². The highest BCUT2D eigenvalue weighted by molar-refractivity contribution is 9.09. The number of carbonyl (C=O) groups is 1. The largest absolute Gasteiger partial charge is 0.494 e. The summed E-state index contributed by atoms with van der Waals surface area (Å²) in [7, 11) is 0. The van der Waals surface area contributed by atoms with E-state index in [0.29, 0.717) is 29.1 Å². The van der Waals surface area contributed by atoms with Crippen LogP contribution in [0.25, 0.3) is 33.1 Å². The zero-order valence-electron chi connectivity index (χ0n) is 20.2. The van der Waals surface area contributed by atoms with Gasteiger partial charge < -0.3 is 9.15 Å². The predicted molar refractivity (Wildman–Crippen MR) is 151 cm³/mol. The molecule has 5 aromatic rings. The first-order valence-corrected chi connectivity index (χ1v) is 13.7. The van der Waals surface area contributed by atoms with E-state index in [9.17, 15) is 4.79 Å². The number of furan rings is 1. The maximum Gasteiger partial charge on any atom is 0.198 e. The standard InChI is InChI=1S/C32H29BrO3/c33-21-8-2-1-3-9-22-35-25-19-17-24(18-20-25)32-30(28-14-6-7-16-29(28)36-32)31(34)27-15-10-12-23-11-4-5-13-26(23)27/h4-7,10-20H,1-3,8-9,21-22H2. The molecule has 0 aliphatic carbocycles. The summed E-state index contributed by atoms with van der Waals surface area (Å²) >= 11 is 3.48. The molecule has 0 saturated carbocycles. The number of halogens is 1. The molecule has 0 aliphatic rings. The lowest BCUT2D eigenvalue weighted by Crippen LogP contribution is -2.03. The molecule has 1 heterocycles. The maximum absolute atomic E-state index is 14.0. The Morgan fingerprint density at radius 2 is 1.42 bits per heavy atom. The van der Waals surface area contributed by atoms with E-state index in [4.69, 9.17) is 9.15 Å². The molecule has 4 aromatic carbocycles. The topological polar surface area (TPSA) is 39.4 Å². The van der Waals surface area contributed by atoms with Crippen molar-refractivity contribution < 1.29 is 13.9 Å². The Labute approximate surface area is 220 Å². The van der Waals surface area contributed by atoms with Crippen molar-refractivity contribution in [2.75, 3.05) is 11.9 Å². The van der Waals surface area contributed by atoms with E-state index in [1.165, 1.54) is 25.7 Å². The zero-order chi connectivity index (χ0) is 24.7. The van der Waals surface area contributed by atoms with E-state index in [1.54, 1.807) is 0 Å². The third-order valence-corrected chi connectivity index (χ3v) is 7.08. The molecule has 0 bridgehead atoms. The van der Waals surface area contributed by atoms with Crippen LogP contribution in [-0.2, 0) is 0 Å². The molecule has 4 heteroatoms. The molecular weight excluding hydrogens is 512 g/mol. The average Bonchev–Trinajstić information content (AvgIpc) is 3.32. The number of carbonyl (C=O) groups excluding carboxylic acids is 1. The Bertz CT molecular complexity index is 1460. The molecule has 0 unspecified atom stereocenters. The van der Waals surface area contributed by atoms with Crippen LogP contribution < -0.4 is 4.74 Å². The van der Waals surface area contributed by atoms with E-state index < -0.39 is 0 Å². The highest BCUT2D eigenvalue weighted by Gasteiger charge is 2.24. The van der Waals surface area contributed by atoms with Crippen molar-refractivity contribution in [3.05, 3.63) is 102 Å². The maximum atomic E-state index is 14.0. The molecule has 3 nitrogen and oxygen atoms in total. The Balaban J connectivity index is 1.41. The summed E-state index contributed by atoms with van der Waals surface area (Å²) in [6.07, 6.45) is 5.97. The van der Waals surface area contributed by atoms with E-state index >= 15 is 0 Å². The molecular formula is C32H29BrO3. The monoisotopic (exact) mass is 540 g/mol. The number of benzene rings is 4. The summed E-state index contributed by atoms with van der Waals surface area (Å²) in [6.45, 7) is 0.711. The van der Waals surface area contributed by atoms with Crippen LogP contribution in [0.15, 0.2) is 95.4 Å². The van der Waals surface area contributed by atoms with E-state index in [1.807, 2.05) is 91.0 Å². The quantitative estimate of drug-likeness (QED) is 0.0951. The minimum Gasteiger partial charge on any atom is -0.494 e. The fourth-order valence-electron chi connectivity index (χ4n) is 4.65. The molecule has 0 saturated heterocycles. The summed E-state index contributed by atoms with van der Waals surface area (Å²) in [5, 5.41) is 3.89. The second-order valence-corrected chi connectivity index (χ2v) is 9.78. The Hall–Kier alpha value is -3.37. The molecule has 0 fully saturated rings. The molecule has 36 heavy (non-hydrogen) atoms. The second kappa shape index (κ2) is 11.6. The number of rotatable bonds is 11. The van der Waals surface area contributed by atoms with Gasteiger partial charge in [0.15, 0.2) is 5.78 Å². The molecule has 5 rings (SSSR count). The van der Waals surface area contributed by atoms with Crippen molar-refractivity contribution in [2.24, 2.45) is 0 Å². The van der Waals surface area contributed by atoms with Crippen LogP contribution in [0.5, 0.6) is 5.75 Å². The molecule has 182 valence electrons. The van der Waals surface area contributed by atoms with Crippen LogP contribution in [0.4, 0.5) is 0 Å². The van der Waals surface area contributed by atoms with Gasteiger partial charge in [-0.25, -0.2) is 0 Å². The van der Waals surface area contributed by atoms with Crippen molar-refractivity contribution in [3.8, 4) is 17.1 Å². The highest BCUT2D eigenvalue weighted by Crippen LogP contribution is 2.37. The molecule has 1 aromatic heterocycles. The minimum absolute atomic E-state index is 0.0352. The number of unbranched alkanes of at least 4 members (excludes halogenated alkanes) is 4. The number of alkyl halides is 1. The Morgan fingerprint density at radius 3 is 2.25 bits per heavy atom. The van der Waals surface area contributed by atoms with Crippen molar-refractivity contribution in [1.82, 2.24) is 0 Å². The first-order chi connectivity index (χ1) is 17.8. The van der Waals surface area contributed by atoms with E-state index in [-0.39, 0.29) is 5.78 Å². The fraction of sp³-hybridized carbons (Fsp3) is 0.219. The van der Waals surface area contributed by atoms with Crippen molar-refractivity contribution in [2.45, 2.75) is 32.1 Å². The smallest absolute Gasteiger partial charge is 0.198 e.